The molecule has 2 aromatic rings. The summed E-state index contributed by atoms with van der Waals surface area (Å²) in [5, 5.41) is 14.6. The monoisotopic (exact) mass is 325 g/mol. The standard InChI is InChI=1S/C12H12ClN5O2S/c13-10-7-9(18(19)20)8-17-11(10)21-6-2-5-16-12-14-3-1-4-15-12/h1,3-4,7-8H,2,5-6H2,(H,14,15,16). The molecular formula is C12H12ClN5O2S. The highest BCUT2D eigenvalue weighted by Crippen LogP contribution is 2.28. The van der Waals surface area contributed by atoms with E-state index in [1.165, 1.54) is 24.0 Å². The van der Waals surface area contributed by atoms with Crippen molar-refractivity contribution in [3.05, 3.63) is 45.9 Å². The molecule has 2 heterocycles. The lowest BCUT2D eigenvalue weighted by Crippen LogP contribution is -2.05. The Morgan fingerprint density at radius 2 is 2.10 bits per heavy atom. The Morgan fingerprint density at radius 1 is 1.33 bits per heavy atom. The summed E-state index contributed by atoms with van der Waals surface area (Å²) in [5.74, 6) is 1.37. The van der Waals surface area contributed by atoms with E-state index in [2.05, 4.69) is 20.3 Å². The molecule has 9 heteroatoms. The third-order valence-corrected chi connectivity index (χ3v) is 3.90. The summed E-state index contributed by atoms with van der Waals surface area (Å²) in [7, 11) is 0. The Morgan fingerprint density at radius 3 is 2.76 bits per heavy atom. The Balaban J connectivity index is 1.75. The third-order valence-electron chi connectivity index (χ3n) is 2.41. The van der Waals surface area contributed by atoms with E-state index in [0.29, 0.717) is 16.0 Å². The number of thioether (sulfide) groups is 1. The van der Waals surface area contributed by atoms with Crippen LogP contribution in [0.1, 0.15) is 6.42 Å². The normalized spacial score (nSPS) is 10.3. The van der Waals surface area contributed by atoms with Gasteiger partial charge in [-0.25, -0.2) is 15.0 Å². The van der Waals surface area contributed by atoms with Crippen LogP contribution in [-0.2, 0) is 0 Å². The van der Waals surface area contributed by atoms with E-state index in [4.69, 9.17) is 11.6 Å². The van der Waals surface area contributed by atoms with Crippen LogP contribution in [0.4, 0.5) is 11.6 Å². The Bertz CT molecular complexity index is 614. The van der Waals surface area contributed by atoms with E-state index in [1.807, 2.05) is 0 Å². The molecule has 2 rings (SSSR count). The molecule has 0 radical (unpaired) electrons. The number of aromatic nitrogens is 3. The molecular weight excluding hydrogens is 314 g/mol. The van der Waals surface area contributed by atoms with Gasteiger partial charge in [-0.3, -0.25) is 10.1 Å². The summed E-state index contributed by atoms with van der Waals surface area (Å²) in [6.07, 6.45) is 5.41. The largest absolute Gasteiger partial charge is 0.354 e. The van der Waals surface area contributed by atoms with Crippen LogP contribution in [-0.4, -0.2) is 32.2 Å². The highest BCUT2D eigenvalue weighted by molar-refractivity contribution is 7.99. The average molecular weight is 326 g/mol. The molecule has 1 N–H and O–H groups in total. The minimum Gasteiger partial charge on any atom is -0.354 e. The number of rotatable bonds is 7. The molecule has 0 amide bonds. The van der Waals surface area contributed by atoms with Crippen molar-refractivity contribution in [1.29, 1.82) is 0 Å². The second kappa shape index (κ2) is 7.75. The Hall–Kier alpha value is -1.93. The molecule has 0 aliphatic rings. The van der Waals surface area contributed by atoms with E-state index in [9.17, 15) is 10.1 Å². The molecule has 0 bridgehead atoms. The molecule has 0 saturated carbocycles. The van der Waals surface area contributed by atoms with Crippen LogP contribution in [0.2, 0.25) is 5.02 Å². The zero-order chi connectivity index (χ0) is 15.1. The van der Waals surface area contributed by atoms with Gasteiger partial charge in [-0.1, -0.05) is 11.6 Å². The van der Waals surface area contributed by atoms with Crippen molar-refractivity contribution < 1.29 is 4.92 Å². The van der Waals surface area contributed by atoms with Gasteiger partial charge in [0.1, 0.15) is 11.2 Å². The maximum Gasteiger partial charge on any atom is 0.289 e. The summed E-state index contributed by atoms with van der Waals surface area (Å²) in [5.41, 5.74) is -0.104. The molecule has 0 aromatic carbocycles. The van der Waals surface area contributed by atoms with Crippen molar-refractivity contribution in [2.45, 2.75) is 11.4 Å². The molecule has 0 unspecified atom stereocenters. The lowest BCUT2D eigenvalue weighted by atomic mass is 10.4. The molecule has 7 nitrogen and oxygen atoms in total. The first-order valence-corrected chi connectivity index (χ1v) is 7.47. The number of pyridine rings is 1. The summed E-state index contributed by atoms with van der Waals surface area (Å²) < 4.78 is 0. The second-order valence-electron chi connectivity index (χ2n) is 3.94. The van der Waals surface area contributed by atoms with Gasteiger partial charge in [0.2, 0.25) is 5.95 Å². The minimum atomic E-state index is -0.517. The lowest BCUT2D eigenvalue weighted by Gasteiger charge is -2.05. The van der Waals surface area contributed by atoms with Gasteiger partial charge in [-0.15, -0.1) is 11.8 Å². The summed E-state index contributed by atoms with van der Waals surface area (Å²) in [6, 6.07) is 3.07. The van der Waals surface area contributed by atoms with Crippen LogP contribution in [0.3, 0.4) is 0 Å². The maximum atomic E-state index is 10.6. The van der Waals surface area contributed by atoms with E-state index >= 15 is 0 Å². The third kappa shape index (κ3) is 4.83. The van der Waals surface area contributed by atoms with Crippen LogP contribution in [0.25, 0.3) is 0 Å². The van der Waals surface area contributed by atoms with Gasteiger partial charge in [0, 0.05) is 30.8 Å². The van der Waals surface area contributed by atoms with Gasteiger partial charge in [-0.05, 0) is 12.5 Å². The quantitative estimate of drug-likeness (QED) is 0.362. The number of nitrogens with one attached hydrogen (secondary N) is 1. The molecule has 0 fully saturated rings. The number of nitro groups is 1. The predicted molar refractivity (Wildman–Crippen MR) is 81.8 cm³/mol. The van der Waals surface area contributed by atoms with Crippen molar-refractivity contribution in [3.8, 4) is 0 Å². The van der Waals surface area contributed by atoms with E-state index < -0.39 is 4.92 Å². The van der Waals surface area contributed by atoms with Crippen molar-refractivity contribution >= 4 is 35.0 Å². The molecule has 0 aliphatic heterocycles. The van der Waals surface area contributed by atoms with Gasteiger partial charge in [0.15, 0.2) is 0 Å². The Kier molecular flexibility index (Phi) is 5.70. The second-order valence-corrected chi connectivity index (χ2v) is 5.43. The van der Waals surface area contributed by atoms with Gasteiger partial charge in [-0.2, -0.15) is 0 Å². The summed E-state index contributed by atoms with van der Waals surface area (Å²) in [4.78, 5) is 22.2. The SMILES string of the molecule is O=[N+]([O-])c1cnc(SCCCNc2ncccn2)c(Cl)c1. The van der Waals surface area contributed by atoms with Crippen molar-refractivity contribution in [2.75, 3.05) is 17.6 Å². The van der Waals surface area contributed by atoms with E-state index in [1.54, 1.807) is 18.5 Å². The number of halogens is 1. The fraction of sp³-hybridized carbons (Fsp3) is 0.250. The maximum absolute atomic E-state index is 10.6. The van der Waals surface area contributed by atoms with Gasteiger partial charge < -0.3 is 5.32 Å². The average Bonchev–Trinajstić information content (AvgIpc) is 2.49. The van der Waals surface area contributed by atoms with Crippen molar-refractivity contribution in [1.82, 2.24) is 15.0 Å². The number of hydrogen-bond donors (Lipinski definition) is 1. The van der Waals surface area contributed by atoms with Gasteiger partial charge in [0.25, 0.3) is 5.69 Å². The van der Waals surface area contributed by atoms with Gasteiger partial charge in [0.05, 0.1) is 9.95 Å². The molecule has 21 heavy (non-hydrogen) atoms. The number of anilines is 1. The molecule has 110 valence electrons. The molecule has 0 saturated heterocycles. The lowest BCUT2D eigenvalue weighted by molar-refractivity contribution is -0.385. The van der Waals surface area contributed by atoms with Crippen LogP contribution in [0.15, 0.2) is 35.7 Å². The fourth-order valence-corrected chi connectivity index (χ4v) is 2.58. The molecule has 2 aromatic heterocycles. The molecule has 0 atom stereocenters. The van der Waals surface area contributed by atoms with Crippen molar-refractivity contribution in [3.63, 3.8) is 0 Å². The first kappa shape index (κ1) is 15.5. The zero-order valence-corrected chi connectivity index (χ0v) is 12.5. The van der Waals surface area contributed by atoms with Crippen molar-refractivity contribution in [2.24, 2.45) is 0 Å². The fourth-order valence-electron chi connectivity index (χ4n) is 1.45. The highest BCUT2D eigenvalue weighted by atomic mass is 35.5. The zero-order valence-electron chi connectivity index (χ0n) is 10.9. The first-order valence-electron chi connectivity index (χ1n) is 6.10. The smallest absolute Gasteiger partial charge is 0.289 e. The minimum absolute atomic E-state index is 0.104. The number of nitrogens with zero attached hydrogens (tertiary/aromatic N) is 4. The number of hydrogen-bond acceptors (Lipinski definition) is 7. The Labute approximate surface area is 130 Å². The molecule has 0 aliphatic carbocycles. The predicted octanol–water partition coefficient (Wildman–Crippen LogP) is 3.03. The summed E-state index contributed by atoms with van der Waals surface area (Å²) >= 11 is 7.41. The topological polar surface area (TPSA) is 93.8 Å². The van der Waals surface area contributed by atoms with E-state index in [0.717, 1.165) is 18.7 Å². The van der Waals surface area contributed by atoms with Crippen LogP contribution in [0.5, 0.6) is 0 Å². The van der Waals surface area contributed by atoms with Gasteiger partial charge >= 0.3 is 0 Å². The highest BCUT2D eigenvalue weighted by Gasteiger charge is 2.10. The van der Waals surface area contributed by atoms with Crippen LogP contribution >= 0.6 is 23.4 Å². The van der Waals surface area contributed by atoms with E-state index in [-0.39, 0.29) is 5.69 Å². The molecule has 0 spiro atoms. The first-order chi connectivity index (χ1) is 10.2. The van der Waals surface area contributed by atoms with Crippen LogP contribution in [0, 0.1) is 10.1 Å². The summed E-state index contributed by atoms with van der Waals surface area (Å²) in [6.45, 7) is 0.724. The van der Waals surface area contributed by atoms with Crippen LogP contribution < -0.4 is 5.32 Å².